The maximum absolute atomic E-state index is 12.9. The first kappa shape index (κ1) is 19.8. The van der Waals surface area contributed by atoms with Crippen LogP contribution in [-0.4, -0.2) is 12.3 Å². The molecule has 3 nitrogen and oxygen atoms in total. The van der Waals surface area contributed by atoms with Gasteiger partial charge in [0.25, 0.3) is 0 Å². The minimum absolute atomic E-state index is 0.00924. The molecule has 3 aromatic rings. The molecule has 150 valence electrons. The first-order valence-corrected chi connectivity index (χ1v) is 10.3. The molecule has 30 heavy (non-hydrogen) atoms. The summed E-state index contributed by atoms with van der Waals surface area (Å²) < 4.78 is 5.74. The number of hydrogen-bond acceptors (Lipinski definition) is 3. The van der Waals surface area contributed by atoms with Crippen LogP contribution in [0, 0.1) is 0 Å². The number of esters is 1. The van der Waals surface area contributed by atoms with E-state index in [9.17, 15) is 9.59 Å². The highest BCUT2D eigenvalue weighted by molar-refractivity contribution is 5.99. The van der Waals surface area contributed by atoms with Crippen LogP contribution in [-0.2, 0) is 14.3 Å². The third-order valence-electron chi connectivity index (χ3n) is 5.65. The molecule has 0 aliphatic carbocycles. The normalized spacial score (nSPS) is 18.5. The van der Waals surface area contributed by atoms with Gasteiger partial charge >= 0.3 is 5.97 Å². The van der Waals surface area contributed by atoms with Gasteiger partial charge in [0.15, 0.2) is 0 Å². The van der Waals surface area contributed by atoms with Crippen LogP contribution in [0.5, 0.6) is 0 Å². The Hall–Kier alpha value is -3.46. The van der Waals surface area contributed by atoms with Crippen molar-refractivity contribution in [3.05, 3.63) is 113 Å². The molecule has 0 bridgehead atoms. The highest BCUT2D eigenvalue weighted by Crippen LogP contribution is 2.41. The Bertz CT molecular complexity index is 1020. The van der Waals surface area contributed by atoms with Gasteiger partial charge in [-0.2, -0.15) is 0 Å². The van der Waals surface area contributed by atoms with Crippen molar-refractivity contribution in [2.75, 3.05) is 0 Å². The van der Waals surface area contributed by atoms with Crippen molar-refractivity contribution in [3.63, 3.8) is 0 Å². The fraction of sp³-hybridized carbons (Fsp3) is 0.185. The van der Waals surface area contributed by atoms with Crippen LogP contribution in [0.1, 0.15) is 48.0 Å². The van der Waals surface area contributed by atoms with Gasteiger partial charge in [0.2, 0.25) is 0 Å². The molecule has 1 unspecified atom stereocenters. The van der Waals surface area contributed by atoms with Crippen molar-refractivity contribution < 1.29 is 14.3 Å². The quantitative estimate of drug-likeness (QED) is 0.284. The monoisotopic (exact) mass is 396 g/mol. The van der Waals surface area contributed by atoms with Gasteiger partial charge in [0.1, 0.15) is 12.4 Å². The van der Waals surface area contributed by atoms with Crippen LogP contribution in [0.3, 0.4) is 0 Å². The van der Waals surface area contributed by atoms with Gasteiger partial charge in [-0.1, -0.05) is 91.0 Å². The Morgan fingerprint density at radius 3 is 2.13 bits per heavy atom. The van der Waals surface area contributed by atoms with Crippen LogP contribution < -0.4 is 0 Å². The fourth-order valence-corrected chi connectivity index (χ4v) is 4.09. The summed E-state index contributed by atoms with van der Waals surface area (Å²) >= 11 is 0. The van der Waals surface area contributed by atoms with Crippen molar-refractivity contribution in [2.24, 2.45) is 0 Å². The molecule has 3 heteroatoms. The molecule has 1 heterocycles. The van der Waals surface area contributed by atoms with E-state index in [1.165, 1.54) is 0 Å². The maximum Gasteiger partial charge on any atom is 0.335 e. The van der Waals surface area contributed by atoms with Crippen LogP contribution in [0.25, 0.3) is 5.57 Å². The van der Waals surface area contributed by atoms with Crippen LogP contribution in [0.4, 0.5) is 0 Å². The molecule has 2 atom stereocenters. The second-order valence-corrected chi connectivity index (χ2v) is 7.55. The third-order valence-corrected chi connectivity index (χ3v) is 5.65. The summed E-state index contributed by atoms with van der Waals surface area (Å²) in [5.41, 5.74) is 4.78. The Labute approximate surface area is 177 Å². The zero-order valence-corrected chi connectivity index (χ0v) is 16.7. The highest BCUT2D eigenvalue weighted by atomic mass is 16.5. The predicted molar refractivity (Wildman–Crippen MR) is 118 cm³/mol. The zero-order chi connectivity index (χ0) is 20.8. The van der Waals surface area contributed by atoms with Gasteiger partial charge in [0, 0.05) is 18.4 Å². The number of ether oxygens (including phenoxy) is 1. The van der Waals surface area contributed by atoms with Gasteiger partial charge in [0.05, 0.1) is 0 Å². The standard InChI is InChI=1S/C27H24O3/c28-17-16-23(20-10-4-1-5-11-20)18-24(21-12-6-2-7-13-21)25-19-26(30-27(25)29)22-14-8-3-9-15-22/h1-15,17,23,26H,16,18-19H2/b25-24+/t23-,26?/m1/s1. The Morgan fingerprint density at radius 1 is 0.900 bits per heavy atom. The number of cyclic esters (lactones) is 1. The minimum Gasteiger partial charge on any atom is -0.454 e. The van der Waals surface area contributed by atoms with Gasteiger partial charge in [-0.3, -0.25) is 0 Å². The van der Waals surface area contributed by atoms with Gasteiger partial charge < -0.3 is 9.53 Å². The summed E-state index contributed by atoms with van der Waals surface area (Å²) in [6, 6.07) is 29.8. The van der Waals surface area contributed by atoms with E-state index in [1.54, 1.807) is 0 Å². The highest BCUT2D eigenvalue weighted by Gasteiger charge is 2.33. The fourth-order valence-electron chi connectivity index (χ4n) is 4.09. The summed E-state index contributed by atoms with van der Waals surface area (Å²) in [6.07, 6.45) is 2.25. The second kappa shape index (κ2) is 9.36. The number of carbonyl (C=O) groups excluding carboxylic acids is 2. The summed E-state index contributed by atoms with van der Waals surface area (Å²) in [7, 11) is 0. The van der Waals surface area contributed by atoms with E-state index in [0.717, 1.165) is 28.5 Å². The van der Waals surface area contributed by atoms with Crippen LogP contribution >= 0.6 is 0 Å². The molecule has 1 aliphatic heterocycles. The molecular weight excluding hydrogens is 372 g/mol. The summed E-state index contributed by atoms with van der Waals surface area (Å²) in [4.78, 5) is 24.3. The van der Waals surface area contributed by atoms with Gasteiger partial charge in [-0.25, -0.2) is 4.79 Å². The first-order valence-electron chi connectivity index (χ1n) is 10.3. The topological polar surface area (TPSA) is 43.4 Å². The number of benzene rings is 3. The van der Waals surface area contributed by atoms with E-state index in [1.807, 2.05) is 91.0 Å². The molecule has 1 aliphatic rings. The lowest BCUT2D eigenvalue weighted by atomic mass is 9.84. The molecule has 0 spiro atoms. The van der Waals surface area contributed by atoms with Crippen LogP contribution in [0.2, 0.25) is 0 Å². The number of allylic oxidation sites excluding steroid dienone is 1. The lowest BCUT2D eigenvalue weighted by Gasteiger charge is -2.19. The van der Waals surface area contributed by atoms with Gasteiger partial charge in [-0.05, 0) is 34.6 Å². The van der Waals surface area contributed by atoms with E-state index in [0.29, 0.717) is 24.8 Å². The van der Waals surface area contributed by atoms with Crippen molar-refractivity contribution >= 4 is 17.8 Å². The number of hydrogen-bond donors (Lipinski definition) is 0. The third kappa shape index (κ3) is 4.41. The molecule has 0 N–H and O–H groups in total. The molecule has 0 saturated carbocycles. The van der Waals surface area contributed by atoms with Crippen molar-refractivity contribution in [3.8, 4) is 0 Å². The predicted octanol–water partition coefficient (Wildman–Crippen LogP) is 5.89. The Kier molecular flexibility index (Phi) is 6.19. The maximum atomic E-state index is 12.9. The minimum atomic E-state index is -0.270. The lowest BCUT2D eigenvalue weighted by molar-refractivity contribution is -0.139. The number of carbonyl (C=O) groups is 2. The number of rotatable bonds is 7. The van der Waals surface area contributed by atoms with Crippen molar-refractivity contribution in [1.82, 2.24) is 0 Å². The Balaban J connectivity index is 1.73. The van der Waals surface area contributed by atoms with E-state index in [-0.39, 0.29) is 18.0 Å². The first-order chi connectivity index (χ1) is 14.8. The number of aldehydes is 1. The zero-order valence-electron chi connectivity index (χ0n) is 16.7. The van der Waals surface area contributed by atoms with E-state index < -0.39 is 0 Å². The molecule has 4 rings (SSSR count). The summed E-state index contributed by atoms with van der Waals surface area (Å²) in [5, 5.41) is 0. The summed E-state index contributed by atoms with van der Waals surface area (Å²) in [5.74, 6) is -0.254. The SMILES string of the molecule is O=CC[C@H](C/C(=C1/CC(c2ccccc2)OC1=O)c1ccccc1)c1ccccc1. The molecule has 3 aromatic carbocycles. The van der Waals surface area contributed by atoms with Crippen LogP contribution in [0.15, 0.2) is 96.6 Å². The largest absolute Gasteiger partial charge is 0.454 e. The smallest absolute Gasteiger partial charge is 0.335 e. The van der Waals surface area contributed by atoms with Crippen molar-refractivity contribution in [2.45, 2.75) is 31.3 Å². The van der Waals surface area contributed by atoms with Gasteiger partial charge in [-0.15, -0.1) is 0 Å². The molecular formula is C27H24O3. The molecule has 1 saturated heterocycles. The average molecular weight is 396 g/mol. The molecule has 0 amide bonds. The van der Waals surface area contributed by atoms with E-state index in [2.05, 4.69) is 0 Å². The molecule has 0 radical (unpaired) electrons. The van der Waals surface area contributed by atoms with E-state index in [4.69, 9.17) is 4.74 Å². The van der Waals surface area contributed by atoms with Crippen molar-refractivity contribution in [1.29, 1.82) is 0 Å². The Morgan fingerprint density at radius 2 is 1.50 bits per heavy atom. The second-order valence-electron chi connectivity index (χ2n) is 7.55. The lowest BCUT2D eigenvalue weighted by Crippen LogP contribution is -2.06. The average Bonchev–Trinajstić information content (AvgIpc) is 3.19. The molecule has 1 fully saturated rings. The molecule has 0 aromatic heterocycles. The summed E-state index contributed by atoms with van der Waals surface area (Å²) in [6.45, 7) is 0. The van der Waals surface area contributed by atoms with E-state index >= 15 is 0 Å².